The molecule has 178 valence electrons. The molecule has 35 heavy (non-hydrogen) atoms. The molecule has 2 amide bonds. The van der Waals surface area contributed by atoms with Gasteiger partial charge in [-0.2, -0.15) is 0 Å². The van der Waals surface area contributed by atoms with E-state index in [4.69, 9.17) is 4.74 Å². The van der Waals surface area contributed by atoms with Gasteiger partial charge >= 0.3 is 0 Å². The minimum absolute atomic E-state index is 0.181. The minimum Gasteiger partial charge on any atom is -0.497 e. The molecule has 2 heterocycles. The molecule has 0 saturated heterocycles. The van der Waals surface area contributed by atoms with Gasteiger partial charge in [0.1, 0.15) is 11.8 Å². The quantitative estimate of drug-likeness (QED) is 0.419. The molecule has 0 bridgehead atoms. The molecule has 5 rings (SSSR count). The summed E-state index contributed by atoms with van der Waals surface area (Å²) < 4.78 is 5.30. The van der Waals surface area contributed by atoms with Crippen molar-refractivity contribution in [1.29, 1.82) is 0 Å². The summed E-state index contributed by atoms with van der Waals surface area (Å²) in [7, 11) is 1.62. The number of fused-ring (bicyclic) bond motifs is 5. The van der Waals surface area contributed by atoms with E-state index in [9.17, 15) is 9.59 Å². The number of amides is 2. The fourth-order valence-electron chi connectivity index (χ4n) is 4.78. The van der Waals surface area contributed by atoms with E-state index in [1.807, 2.05) is 93.6 Å². The Balaban J connectivity index is 1.75. The normalized spacial score (nSPS) is 15.4. The van der Waals surface area contributed by atoms with Gasteiger partial charge in [0, 0.05) is 39.7 Å². The number of carbonyl (C=O) groups excluding carboxylic acids is 2. The van der Waals surface area contributed by atoms with Gasteiger partial charge in [-0.15, -0.1) is 0 Å². The largest absolute Gasteiger partial charge is 0.497 e. The molecule has 6 nitrogen and oxygen atoms in total. The van der Waals surface area contributed by atoms with Crippen molar-refractivity contribution in [3.8, 4) is 17.0 Å². The highest BCUT2D eigenvalue weighted by Crippen LogP contribution is 2.43. The summed E-state index contributed by atoms with van der Waals surface area (Å²) in [6, 6.07) is 22.3. The lowest BCUT2D eigenvalue weighted by molar-refractivity contribution is -0.127. The van der Waals surface area contributed by atoms with Crippen LogP contribution in [0.4, 0.5) is 0 Å². The number of para-hydroxylation sites is 1. The number of aromatic amines is 1. The van der Waals surface area contributed by atoms with E-state index in [2.05, 4.69) is 10.3 Å². The second-order valence-electron chi connectivity index (χ2n) is 9.93. The molecular formula is C29H29N3O3. The zero-order valence-electron chi connectivity index (χ0n) is 20.4. The van der Waals surface area contributed by atoms with Gasteiger partial charge in [-0.25, -0.2) is 0 Å². The Kier molecular flexibility index (Phi) is 5.59. The van der Waals surface area contributed by atoms with Crippen LogP contribution in [0.15, 0.2) is 72.8 Å². The summed E-state index contributed by atoms with van der Waals surface area (Å²) in [5.41, 5.74) is 4.37. The van der Waals surface area contributed by atoms with Crippen LogP contribution in [0.5, 0.6) is 5.75 Å². The monoisotopic (exact) mass is 467 g/mol. The van der Waals surface area contributed by atoms with Gasteiger partial charge < -0.3 is 19.9 Å². The summed E-state index contributed by atoms with van der Waals surface area (Å²) in [5, 5.41) is 4.06. The molecule has 0 spiro atoms. The van der Waals surface area contributed by atoms with Crippen molar-refractivity contribution in [1.82, 2.24) is 15.2 Å². The van der Waals surface area contributed by atoms with Crippen LogP contribution < -0.4 is 10.1 Å². The van der Waals surface area contributed by atoms with E-state index >= 15 is 0 Å². The molecule has 0 radical (unpaired) electrons. The molecule has 4 aromatic rings. The maximum Gasteiger partial charge on any atom is 0.255 e. The predicted molar refractivity (Wildman–Crippen MR) is 137 cm³/mol. The molecule has 1 aliphatic rings. The van der Waals surface area contributed by atoms with Crippen molar-refractivity contribution in [2.45, 2.75) is 38.9 Å². The number of ether oxygens (including phenoxy) is 1. The summed E-state index contributed by atoms with van der Waals surface area (Å²) in [6.07, 6.45) is 0. The summed E-state index contributed by atoms with van der Waals surface area (Å²) in [4.78, 5) is 33.2. The summed E-state index contributed by atoms with van der Waals surface area (Å²) >= 11 is 0. The van der Waals surface area contributed by atoms with E-state index in [1.165, 1.54) is 0 Å². The van der Waals surface area contributed by atoms with E-state index in [0.29, 0.717) is 5.56 Å². The Labute approximate surface area is 204 Å². The summed E-state index contributed by atoms with van der Waals surface area (Å²) in [6.45, 7) is 6.12. The molecule has 3 aromatic carbocycles. The number of hydrogen-bond donors (Lipinski definition) is 2. The highest BCUT2D eigenvalue weighted by molar-refractivity contribution is 6.09. The van der Waals surface area contributed by atoms with Crippen molar-refractivity contribution >= 4 is 22.7 Å². The molecule has 1 unspecified atom stereocenters. The van der Waals surface area contributed by atoms with E-state index in [1.54, 1.807) is 12.0 Å². The molecule has 0 aliphatic carbocycles. The van der Waals surface area contributed by atoms with Crippen LogP contribution in [0.1, 0.15) is 48.3 Å². The van der Waals surface area contributed by atoms with Crippen LogP contribution in [0.3, 0.4) is 0 Å². The number of nitrogens with zero attached hydrogens (tertiary/aromatic N) is 1. The number of H-pyrrole nitrogens is 1. The van der Waals surface area contributed by atoms with Gasteiger partial charge in [0.05, 0.1) is 12.8 Å². The first-order valence-corrected chi connectivity index (χ1v) is 11.7. The smallest absolute Gasteiger partial charge is 0.255 e. The van der Waals surface area contributed by atoms with Crippen molar-refractivity contribution in [3.63, 3.8) is 0 Å². The molecule has 2 N–H and O–H groups in total. The first-order valence-electron chi connectivity index (χ1n) is 11.7. The fourth-order valence-corrected chi connectivity index (χ4v) is 4.78. The lowest BCUT2D eigenvalue weighted by atomic mass is 9.96. The van der Waals surface area contributed by atoms with E-state index in [0.717, 1.165) is 39.0 Å². The SMILES string of the molecule is COc1ccc(CN2C(=O)c3ccccc3-c3[nH]c4ccccc4c3C2C(=O)NC(C)(C)C)cc1. The van der Waals surface area contributed by atoms with Crippen molar-refractivity contribution in [2.24, 2.45) is 0 Å². The predicted octanol–water partition coefficient (Wildman–Crippen LogP) is 5.46. The average Bonchev–Trinajstić information content (AvgIpc) is 3.17. The van der Waals surface area contributed by atoms with Crippen molar-refractivity contribution < 1.29 is 14.3 Å². The van der Waals surface area contributed by atoms with Gasteiger partial charge in [0.15, 0.2) is 0 Å². The van der Waals surface area contributed by atoms with Crippen LogP contribution in [0, 0.1) is 0 Å². The van der Waals surface area contributed by atoms with Crippen LogP contribution >= 0.6 is 0 Å². The first-order chi connectivity index (χ1) is 16.8. The highest BCUT2D eigenvalue weighted by Gasteiger charge is 2.40. The topological polar surface area (TPSA) is 74.4 Å². The Morgan fingerprint density at radius 2 is 1.63 bits per heavy atom. The number of benzene rings is 3. The van der Waals surface area contributed by atoms with Crippen LogP contribution in [-0.2, 0) is 11.3 Å². The molecule has 1 atom stereocenters. The fraction of sp³-hybridized carbons (Fsp3) is 0.241. The summed E-state index contributed by atoms with van der Waals surface area (Å²) in [5.74, 6) is 0.347. The average molecular weight is 468 g/mol. The third-order valence-corrected chi connectivity index (χ3v) is 6.28. The van der Waals surface area contributed by atoms with Crippen LogP contribution in [0.2, 0.25) is 0 Å². The third-order valence-electron chi connectivity index (χ3n) is 6.28. The molecule has 6 heteroatoms. The molecule has 0 saturated carbocycles. The van der Waals surface area contributed by atoms with Gasteiger partial charge in [0.25, 0.3) is 5.91 Å². The molecular weight excluding hydrogens is 438 g/mol. The number of aromatic nitrogens is 1. The van der Waals surface area contributed by atoms with Crippen molar-refractivity contribution in [3.05, 3.63) is 89.5 Å². The van der Waals surface area contributed by atoms with Gasteiger partial charge in [-0.1, -0.05) is 48.5 Å². The maximum absolute atomic E-state index is 14.1. The van der Waals surface area contributed by atoms with E-state index < -0.39 is 11.6 Å². The Morgan fingerprint density at radius 3 is 2.31 bits per heavy atom. The second-order valence-corrected chi connectivity index (χ2v) is 9.93. The number of hydrogen-bond acceptors (Lipinski definition) is 3. The zero-order valence-corrected chi connectivity index (χ0v) is 20.4. The lowest BCUT2D eigenvalue weighted by Crippen LogP contribution is -2.48. The van der Waals surface area contributed by atoms with Crippen molar-refractivity contribution in [2.75, 3.05) is 7.11 Å². The zero-order chi connectivity index (χ0) is 24.7. The molecule has 1 aliphatic heterocycles. The maximum atomic E-state index is 14.1. The first kappa shape index (κ1) is 22.7. The van der Waals surface area contributed by atoms with Gasteiger partial charge in [-0.3, -0.25) is 9.59 Å². The van der Waals surface area contributed by atoms with E-state index in [-0.39, 0.29) is 18.4 Å². The standard InChI is InChI=1S/C29H29N3O3/c1-29(2,3)31-27(33)26-24-22-11-7-8-12-23(22)30-25(24)20-9-5-6-10-21(20)28(34)32(26)17-18-13-15-19(35-4)16-14-18/h5-16,26,30H,17H2,1-4H3,(H,31,33). The number of carbonyl (C=O) groups is 2. The Bertz CT molecular complexity index is 1410. The third kappa shape index (κ3) is 4.16. The van der Waals surface area contributed by atoms with Gasteiger partial charge in [0.2, 0.25) is 5.91 Å². The molecule has 1 aromatic heterocycles. The number of nitrogens with one attached hydrogen (secondary N) is 2. The highest BCUT2D eigenvalue weighted by atomic mass is 16.5. The minimum atomic E-state index is -0.817. The number of rotatable bonds is 4. The van der Waals surface area contributed by atoms with Gasteiger partial charge in [-0.05, 0) is 50.6 Å². The Morgan fingerprint density at radius 1 is 0.971 bits per heavy atom. The number of methoxy groups -OCH3 is 1. The second kappa shape index (κ2) is 8.62. The van der Waals surface area contributed by atoms with Crippen LogP contribution in [-0.4, -0.2) is 34.3 Å². The Hall–Kier alpha value is -4.06. The van der Waals surface area contributed by atoms with Crippen LogP contribution in [0.25, 0.3) is 22.2 Å². The lowest BCUT2D eigenvalue weighted by Gasteiger charge is -2.33. The molecule has 0 fully saturated rings.